The molecule has 7 nitrogen and oxygen atoms in total. The molecule has 1 N–H and O–H groups in total. The number of pyridine rings is 1. The van der Waals surface area contributed by atoms with Gasteiger partial charge in [0.05, 0.1) is 10.6 Å². The van der Waals surface area contributed by atoms with E-state index in [4.69, 9.17) is 11.6 Å². The van der Waals surface area contributed by atoms with Crippen LogP contribution in [0.4, 0.5) is 5.69 Å². The van der Waals surface area contributed by atoms with E-state index >= 15 is 0 Å². The SMILES string of the molecule is CCN(CC)C(=O)c1c[nH]c2ccc(S(=O)(=O)N(C)c3ccc(Cl)cc3)cc2c1=O. The summed E-state index contributed by atoms with van der Waals surface area (Å²) in [4.78, 5) is 30.0. The number of anilines is 1. The minimum absolute atomic E-state index is 0.0215. The molecule has 0 saturated carbocycles. The Balaban J connectivity index is 2.09. The number of carbonyl (C=O) groups is 1. The molecule has 0 bridgehead atoms. The van der Waals surface area contributed by atoms with Crippen LogP contribution in [0.3, 0.4) is 0 Å². The highest BCUT2D eigenvalue weighted by molar-refractivity contribution is 7.92. The van der Waals surface area contributed by atoms with Crippen molar-refractivity contribution >= 4 is 44.1 Å². The normalized spacial score (nSPS) is 11.5. The third-order valence-corrected chi connectivity index (χ3v) is 7.02. The summed E-state index contributed by atoms with van der Waals surface area (Å²) in [5.41, 5.74) is 0.349. The van der Waals surface area contributed by atoms with Gasteiger partial charge in [0, 0.05) is 42.3 Å². The van der Waals surface area contributed by atoms with Crippen LogP contribution in [0.15, 0.2) is 58.4 Å². The van der Waals surface area contributed by atoms with Crippen LogP contribution in [0.2, 0.25) is 5.02 Å². The smallest absolute Gasteiger partial charge is 0.264 e. The molecule has 30 heavy (non-hydrogen) atoms. The minimum Gasteiger partial charge on any atom is -0.360 e. The van der Waals surface area contributed by atoms with E-state index in [0.717, 1.165) is 4.31 Å². The van der Waals surface area contributed by atoms with Crippen molar-refractivity contribution in [1.29, 1.82) is 0 Å². The molecule has 0 aliphatic rings. The van der Waals surface area contributed by atoms with E-state index in [1.54, 1.807) is 24.3 Å². The van der Waals surface area contributed by atoms with Crippen LogP contribution in [-0.2, 0) is 10.0 Å². The zero-order valence-corrected chi connectivity index (χ0v) is 18.4. The first kappa shape index (κ1) is 21.9. The first-order valence-electron chi connectivity index (χ1n) is 9.40. The molecular weight excluding hydrogens is 426 g/mol. The first-order valence-corrected chi connectivity index (χ1v) is 11.2. The quantitative estimate of drug-likeness (QED) is 0.626. The number of fused-ring (bicyclic) bond motifs is 1. The van der Waals surface area contributed by atoms with Gasteiger partial charge in [-0.3, -0.25) is 13.9 Å². The Labute approximate surface area is 179 Å². The van der Waals surface area contributed by atoms with Gasteiger partial charge in [-0.05, 0) is 56.3 Å². The Morgan fingerprint density at radius 2 is 1.70 bits per heavy atom. The van der Waals surface area contributed by atoms with Gasteiger partial charge in [-0.1, -0.05) is 11.6 Å². The Morgan fingerprint density at radius 1 is 1.07 bits per heavy atom. The number of carbonyl (C=O) groups excluding carboxylic acids is 1. The Hall–Kier alpha value is -2.84. The molecule has 1 amide bonds. The monoisotopic (exact) mass is 447 g/mol. The number of benzene rings is 2. The van der Waals surface area contributed by atoms with Crippen LogP contribution in [0.1, 0.15) is 24.2 Å². The molecule has 0 aliphatic carbocycles. The van der Waals surface area contributed by atoms with Gasteiger partial charge >= 0.3 is 0 Å². The molecule has 0 aliphatic heterocycles. The molecule has 3 aromatic rings. The van der Waals surface area contributed by atoms with E-state index in [1.807, 2.05) is 13.8 Å². The number of H-pyrrole nitrogens is 1. The lowest BCUT2D eigenvalue weighted by Crippen LogP contribution is -2.34. The largest absolute Gasteiger partial charge is 0.360 e. The van der Waals surface area contributed by atoms with Crippen molar-refractivity contribution in [1.82, 2.24) is 9.88 Å². The minimum atomic E-state index is -3.93. The number of nitrogens with zero attached hydrogens (tertiary/aromatic N) is 2. The number of aromatic nitrogens is 1. The van der Waals surface area contributed by atoms with Crippen molar-refractivity contribution in [2.45, 2.75) is 18.7 Å². The summed E-state index contributed by atoms with van der Waals surface area (Å²) in [5, 5.41) is 0.630. The molecule has 0 spiro atoms. The number of hydrogen-bond acceptors (Lipinski definition) is 4. The second-order valence-corrected chi connectivity index (χ2v) is 9.07. The van der Waals surface area contributed by atoms with Gasteiger partial charge in [0.2, 0.25) is 5.43 Å². The fourth-order valence-electron chi connectivity index (χ4n) is 3.15. The van der Waals surface area contributed by atoms with Crippen LogP contribution < -0.4 is 9.73 Å². The topological polar surface area (TPSA) is 90.6 Å². The highest BCUT2D eigenvalue weighted by Gasteiger charge is 2.23. The maximum Gasteiger partial charge on any atom is 0.264 e. The Kier molecular flexibility index (Phi) is 6.19. The molecule has 0 atom stereocenters. The predicted molar refractivity (Wildman–Crippen MR) is 119 cm³/mol. The van der Waals surface area contributed by atoms with E-state index in [0.29, 0.717) is 29.3 Å². The molecule has 3 rings (SSSR count). The zero-order chi connectivity index (χ0) is 22.1. The lowest BCUT2D eigenvalue weighted by molar-refractivity contribution is 0.0771. The van der Waals surface area contributed by atoms with Crippen LogP contribution in [0, 0.1) is 0 Å². The second-order valence-electron chi connectivity index (χ2n) is 6.67. The van der Waals surface area contributed by atoms with Crippen molar-refractivity contribution < 1.29 is 13.2 Å². The molecule has 1 heterocycles. The second kappa shape index (κ2) is 8.49. The number of sulfonamides is 1. The zero-order valence-electron chi connectivity index (χ0n) is 16.8. The van der Waals surface area contributed by atoms with E-state index in [1.165, 1.54) is 36.3 Å². The highest BCUT2D eigenvalue weighted by Crippen LogP contribution is 2.25. The van der Waals surface area contributed by atoms with Crippen molar-refractivity contribution in [3.8, 4) is 0 Å². The van der Waals surface area contributed by atoms with Gasteiger partial charge in [0.25, 0.3) is 15.9 Å². The lowest BCUT2D eigenvalue weighted by atomic mass is 10.1. The molecule has 0 radical (unpaired) electrons. The van der Waals surface area contributed by atoms with Gasteiger partial charge in [0.1, 0.15) is 5.56 Å². The van der Waals surface area contributed by atoms with E-state index in [-0.39, 0.29) is 15.8 Å². The Bertz CT molecular complexity index is 1250. The summed E-state index contributed by atoms with van der Waals surface area (Å²) in [6.07, 6.45) is 1.37. The average Bonchev–Trinajstić information content (AvgIpc) is 2.74. The average molecular weight is 448 g/mol. The van der Waals surface area contributed by atoms with Crippen molar-refractivity contribution in [3.63, 3.8) is 0 Å². The van der Waals surface area contributed by atoms with Gasteiger partial charge in [0.15, 0.2) is 0 Å². The molecule has 9 heteroatoms. The van der Waals surface area contributed by atoms with E-state index in [2.05, 4.69) is 4.98 Å². The fourth-order valence-corrected chi connectivity index (χ4v) is 4.49. The summed E-state index contributed by atoms with van der Waals surface area (Å²) < 4.78 is 27.3. The molecule has 0 saturated heterocycles. The van der Waals surface area contributed by atoms with Crippen molar-refractivity contribution in [3.05, 3.63) is 69.5 Å². The predicted octanol–water partition coefficient (Wildman–Crippen LogP) is 3.49. The molecular formula is C21H22ClN3O4S. The molecule has 0 unspecified atom stereocenters. The number of amides is 1. The standard InChI is InChI=1S/C21H22ClN3O4S/c1-4-25(5-2)21(27)18-13-23-19-11-10-16(12-17(19)20(18)26)30(28,29)24(3)15-8-6-14(22)7-9-15/h6-13H,4-5H2,1-3H3,(H,23,26). The molecule has 0 fully saturated rings. The number of halogens is 1. The summed E-state index contributed by atoms with van der Waals surface area (Å²) in [5.74, 6) is -0.394. The number of aromatic amines is 1. The van der Waals surface area contributed by atoms with Gasteiger partial charge < -0.3 is 9.88 Å². The summed E-state index contributed by atoms with van der Waals surface area (Å²) in [7, 11) is -2.51. The summed E-state index contributed by atoms with van der Waals surface area (Å²) in [6.45, 7) is 4.59. The number of rotatable bonds is 6. The number of hydrogen-bond donors (Lipinski definition) is 1. The van der Waals surface area contributed by atoms with Crippen LogP contribution in [-0.4, -0.2) is 44.3 Å². The van der Waals surface area contributed by atoms with Crippen molar-refractivity contribution in [2.24, 2.45) is 0 Å². The fraction of sp³-hybridized carbons (Fsp3) is 0.238. The molecule has 1 aromatic heterocycles. The van der Waals surface area contributed by atoms with Gasteiger partial charge in [-0.15, -0.1) is 0 Å². The lowest BCUT2D eigenvalue weighted by Gasteiger charge is -2.20. The van der Waals surface area contributed by atoms with Gasteiger partial charge in [-0.25, -0.2) is 8.42 Å². The van der Waals surface area contributed by atoms with E-state index in [9.17, 15) is 18.0 Å². The number of nitrogens with one attached hydrogen (secondary N) is 1. The summed E-state index contributed by atoms with van der Waals surface area (Å²) in [6, 6.07) is 10.6. The van der Waals surface area contributed by atoms with Crippen LogP contribution in [0.25, 0.3) is 10.9 Å². The first-order chi connectivity index (χ1) is 14.2. The van der Waals surface area contributed by atoms with E-state index < -0.39 is 21.4 Å². The summed E-state index contributed by atoms with van der Waals surface area (Å²) >= 11 is 5.88. The van der Waals surface area contributed by atoms with Crippen molar-refractivity contribution in [2.75, 3.05) is 24.4 Å². The third kappa shape index (κ3) is 3.93. The van der Waals surface area contributed by atoms with Gasteiger partial charge in [-0.2, -0.15) is 0 Å². The molecule has 2 aromatic carbocycles. The molecule has 158 valence electrons. The Morgan fingerprint density at radius 3 is 2.30 bits per heavy atom. The maximum atomic E-state index is 13.1. The third-order valence-electron chi connectivity index (χ3n) is 4.98. The van der Waals surface area contributed by atoms with Crippen LogP contribution in [0.5, 0.6) is 0 Å². The van der Waals surface area contributed by atoms with Crippen LogP contribution >= 0.6 is 11.6 Å². The maximum absolute atomic E-state index is 13.1. The highest BCUT2D eigenvalue weighted by atomic mass is 35.5.